The fourth-order valence-electron chi connectivity index (χ4n) is 1.12. The van der Waals surface area contributed by atoms with Gasteiger partial charge in [-0.05, 0) is 30.7 Å². The average Bonchev–Trinajstić information content (AvgIpc) is 2.18. The molecule has 0 unspecified atom stereocenters. The van der Waals surface area contributed by atoms with E-state index in [4.69, 9.17) is 0 Å². The molecule has 0 spiro atoms. The molecule has 1 aromatic rings. The van der Waals surface area contributed by atoms with Crippen LogP contribution in [0, 0.1) is 0 Å². The number of alkyl halides is 1. The summed E-state index contributed by atoms with van der Waals surface area (Å²) >= 11 is 0. The lowest BCUT2D eigenvalue weighted by Crippen LogP contribution is -2.02. The fraction of sp³-hybridized carbons (Fsp3) is 0.400. The van der Waals surface area contributed by atoms with E-state index in [0.717, 1.165) is 5.69 Å². The lowest BCUT2D eigenvalue weighted by molar-refractivity contribution is 0.481. The van der Waals surface area contributed by atoms with Gasteiger partial charge >= 0.3 is 0 Å². The Morgan fingerprint density at radius 1 is 1.27 bits per heavy atom. The monoisotopic (exact) mass is 231 g/mol. The predicted octanol–water partition coefficient (Wildman–Crippen LogP) is 1.86. The topological polar surface area (TPSA) is 46.2 Å². The molecule has 5 heteroatoms. The summed E-state index contributed by atoms with van der Waals surface area (Å²) in [6.45, 7) is 0.198. The smallest absolute Gasteiger partial charge is 0.175 e. The van der Waals surface area contributed by atoms with Gasteiger partial charge in [-0.15, -0.1) is 0 Å². The molecule has 0 aromatic heterocycles. The highest BCUT2D eigenvalue weighted by Crippen LogP contribution is 2.13. The van der Waals surface area contributed by atoms with Gasteiger partial charge in [0.25, 0.3) is 0 Å². The van der Waals surface area contributed by atoms with Gasteiger partial charge in [-0.25, -0.2) is 8.42 Å². The molecule has 0 atom stereocenters. The standard InChI is InChI=1S/C10H14FNO2S/c1-15(13,14)10-5-3-9(4-6-10)12-8-2-7-11/h3-6,12H,2,7-8H2,1H3. The maximum absolute atomic E-state index is 11.8. The SMILES string of the molecule is CS(=O)(=O)c1ccc(NCCCF)cc1. The van der Waals surface area contributed by atoms with E-state index in [-0.39, 0.29) is 6.67 Å². The molecule has 0 bridgehead atoms. The molecular weight excluding hydrogens is 217 g/mol. The first kappa shape index (κ1) is 12.0. The Labute approximate surface area is 89.2 Å². The van der Waals surface area contributed by atoms with Gasteiger partial charge in [0.2, 0.25) is 0 Å². The van der Waals surface area contributed by atoms with Gasteiger partial charge in [0.15, 0.2) is 9.84 Å². The summed E-state index contributed by atoms with van der Waals surface area (Å²) < 4.78 is 34.1. The lowest BCUT2D eigenvalue weighted by Gasteiger charge is -2.05. The zero-order chi connectivity index (χ0) is 11.3. The van der Waals surface area contributed by atoms with Gasteiger partial charge < -0.3 is 5.32 Å². The van der Waals surface area contributed by atoms with E-state index in [0.29, 0.717) is 17.9 Å². The minimum absolute atomic E-state index is 0.290. The molecule has 0 saturated heterocycles. The maximum atomic E-state index is 11.8. The van der Waals surface area contributed by atoms with Crippen LogP contribution in [-0.4, -0.2) is 27.9 Å². The summed E-state index contributed by atoms with van der Waals surface area (Å²) in [7, 11) is -3.13. The zero-order valence-electron chi connectivity index (χ0n) is 8.53. The predicted molar refractivity (Wildman–Crippen MR) is 58.6 cm³/mol. The molecular formula is C10H14FNO2S. The number of sulfone groups is 1. The van der Waals surface area contributed by atoms with Crippen LogP contribution in [0.5, 0.6) is 0 Å². The van der Waals surface area contributed by atoms with Crippen molar-refractivity contribution in [3.05, 3.63) is 24.3 Å². The molecule has 0 aliphatic heterocycles. The Morgan fingerprint density at radius 2 is 1.87 bits per heavy atom. The quantitative estimate of drug-likeness (QED) is 0.787. The van der Waals surface area contributed by atoms with Crippen LogP contribution in [0.1, 0.15) is 6.42 Å². The van der Waals surface area contributed by atoms with E-state index < -0.39 is 9.84 Å². The van der Waals surface area contributed by atoms with Crippen molar-refractivity contribution in [3.63, 3.8) is 0 Å². The molecule has 1 N–H and O–H groups in total. The summed E-state index contributed by atoms with van der Waals surface area (Å²) in [6, 6.07) is 6.42. The van der Waals surface area contributed by atoms with E-state index in [2.05, 4.69) is 5.32 Å². The Balaban J connectivity index is 2.65. The van der Waals surface area contributed by atoms with E-state index in [1.165, 1.54) is 18.4 Å². The Bertz CT molecular complexity index is 400. The van der Waals surface area contributed by atoms with Crippen molar-refractivity contribution in [2.45, 2.75) is 11.3 Å². The third-order valence-electron chi connectivity index (χ3n) is 1.92. The molecule has 0 saturated carbocycles. The Kier molecular flexibility index (Phi) is 4.08. The minimum atomic E-state index is -3.13. The molecule has 0 amide bonds. The molecule has 0 aliphatic carbocycles. The molecule has 0 radical (unpaired) electrons. The third kappa shape index (κ3) is 3.87. The van der Waals surface area contributed by atoms with Crippen LogP contribution in [0.4, 0.5) is 10.1 Å². The highest BCUT2D eigenvalue weighted by atomic mass is 32.2. The van der Waals surface area contributed by atoms with Crippen LogP contribution < -0.4 is 5.32 Å². The number of hydrogen-bond acceptors (Lipinski definition) is 3. The first-order valence-electron chi connectivity index (χ1n) is 4.64. The highest BCUT2D eigenvalue weighted by molar-refractivity contribution is 7.90. The lowest BCUT2D eigenvalue weighted by atomic mass is 10.3. The first-order valence-corrected chi connectivity index (χ1v) is 6.53. The third-order valence-corrected chi connectivity index (χ3v) is 3.05. The van der Waals surface area contributed by atoms with Gasteiger partial charge in [-0.1, -0.05) is 0 Å². The second kappa shape index (κ2) is 5.11. The van der Waals surface area contributed by atoms with Crippen LogP contribution in [0.2, 0.25) is 0 Å². The molecule has 0 heterocycles. The van der Waals surface area contributed by atoms with E-state index in [1.54, 1.807) is 12.1 Å². The van der Waals surface area contributed by atoms with E-state index in [9.17, 15) is 12.8 Å². The van der Waals surface area contributed by atoms with Crippen LogP contribution in [0.15, 0.2) is 29.2 Å². The second-order valence-corrected chi connectivity index (χ2v) is 5.28. The van der Waals surface area contributed by atoms with Crippen LogP contribution in [0.3, 0.4) is 0 Å². The average molecular weight is 231 g/mol. The van der Waals surface area contributed by atoms with Gasteiger partial charge in [-0.2, -0.15) is 0 Å². The summed E-state index contributed by atoms with van der Waals surface area (Å²) in [4.78, 5) is 0.290. The normalized spacial score (nSPS) is 11.3. The zero-order valence-corrected chi connectivity index (χ0v) is 9.35. The molecule has 3 nitrogen and oxygen atoms in total. The van der Waals surface area contributed by atoms with Crippen molar-refractivity contribution in [2.24, 2.45) is 0 Å². The molecule has 0 aliphatic rings. The van der Waals surface area contributed by atoms with Crippen molar-refractivity contribution in [1.29, 1.82) is 0 Å². The van der Waals surface area contributed by atoms with Crippen molar-refractivity contribution in [1.82, 2.24) is 0 Å². The largest absolute Gasteiger partial charge is 0.385 e. The summed E-state index contributed by atoms with van der Waals surface area (Å²) in [5, 5.41) is 2.99. The van der Waals surface area contributed by atoms with Gasteiger partial charge in [0.05, 0.1) is 11.6 Å². The van der Waals surface area contributed by atoms with Crippen molar-refractivity contribution in [3.8, 4) is 0 Å². The number of nitrogens with one attached hydrogen (secondary N) is 1. The number of halogens is 1. The van der Waals surface area contributed by atoms with Gasteiger partial charge in [-0.3, -0.25) is 4.39 Å². The number of hydrogen-bond donors (Lipinski definition) is 1. The number of rotatable bonds is 5. The van der Waals surface area contributed by atoms with Crippen LogP contribution in [0.25, 0.3) is 0 Å². The maximum Gasteiger partial charge on any atom is 0.175 e. The highest BCUT2D eigenvalue weighted by Gasteiger charge is 2.05. The molecule has 0 fully saturated rings. The minimum Gasteiger partial charge on any atom is -0.385 e. The van der Waals surface area contributed by atoms with Gasteiger partial charge in [0.1, 0.15) is 0 Å². The van der Waals surface area contributed by atoms with Gasteiger partial charge in [0, 0.05) is 18.5 Å². The van der Waals surface area contributed by atoms with E-state index in [1.807, 2.05) is 0 Å². The molecule has 84 valence electrons. The molecule has 1 aromatic carbocycles. The molecule has 15 heavy (non-hydrogen) atoms. The fourth-order valence-corrected chi connectivity index (χ4v) is 1.75. The summed E-state index contributed by atoms with van der Waals surface area (Å²) in [5.74, 6) is 0. The van der Waals surface area contributed by atoms with Crippen molar-refractivity contribution < 1.29 is 12.8 Å². The number of anilines is 1. The summed E-state index contributed by atoms with van der Waals surface area (Å²) in [5.41, 5.74) is 0.802. The van der Waals surface area contributed by atoms with E-state index >= 15 is 0 Å². The Hall–Kier alpha value is -1.10. The van der Waals surface area contributed by atoms with Crippen molar-refractivity contribution >= 4 is 15.5 Å². The second-order valence-electron chi connectivity index (χ2n) is 3.27. The molecule has 1 rings (SSSR count). The number of benzene rings is 1. The van der Waals surface area contributed by atoms with Crippen LogP contribution in [-0.2, 0) is 9.84 Å². The Morgan fingerprint density at radius 3 is 2.33 bits per heavy atom. The van der Waals surface area contributed by atoms with Crippen LogP contribution >= 0.6 is 0 Å². The van der Waals surface area contributed by atoms with Crippen molar-refractivity contribution in [2.75, 3.05) is 24.8 Å². The first-order chi connectivity index (χ1) is 7.04. The summed E-state index contributed by atoms with van der Waals surface area (Å²) in [6.07, 6.45) is 1.62.